The summed E-state index contributed by atoms with van der Waals surface area (Å²) < 4.78 is 4.89. The molecule has 0 rings (SSSR count). The van der Waals surface area contributed by atoms with Crippen molar-refractivity contribution < 1.29 is 14.6 Å². The summed E-state index contributed by atoms with van der Waals surface area (Å²) in [7, 11) is 0. The zero-order valence-corrected chi connectivity index (χ0v) is 8.10. The molecule has 3 nitrogen and oxygen atoms in total. The fourth-order valence-corrected chi connectivity index (χ4v) is 0.836. The monoisotopic (exact) mass is 202 g/mol. The second kappa shape index (κ2) is 5.43. The predicted octanol–water partition coefficient (Wildman–Crippen LogP) is 2.30. The van der Waals surface area contributed by atoms with E-state index in [1.54, 1.807) is 6.92 Å². The molecule has 0 heterocycles. The van der Waals surface area contributed by atoms with Crippen molar-refractivity contribution in [3.05, 3.63) is 35.6 Å². The Kier molecular flexibility index (Phi) is 4.92. The summed E-state index contributed by atoms with van der Waals surface area (Å²) in [5.74, 6) is -0.800. The van der Waals surface area contributed by atoms with Crippen molar-refractivity contribution in [2.24, 2.45) is 0 Å². The SMILES string of the molecule is C=C/C(C)=C(/OCC(=O)O)C(=C)Cl. The van der Waals surface area contributed by atoms with Crippen LogP contribution in [0.2, 0.25) is 0 Å². The molecule has 0 amide bonds. The lowest BCUT2D eigenvalue weighted by Gasteiger charge is -2.08. The Hall–Kier alpha value is -1.22. The summed E-state index contributed by atoms with van der Waals surface area (Å²) in [5.41, 5.74) is 0.654. The summed E-state index contributed by atoms with van der Waals surface area (Å²) in [4.78, 5) is 10.2. The first-order chi connectivity index (χ1) is 5.99. The average Bonchev–Trinajstić information content (AvgIpc) is 2.03. The van der Waals surface area contributed by atoms with E-state index in [0.717, 1.165) is 0 Å². The molecule has 0 aromatic heterocycles. The fourth-order valence-electron chi connectivity index (χ4n) is 0.633. The molecule has 4 heteroatoms. The Bertz CT molecular complexity index is 266. The van der Waals surface area contributed by atoms with Crippen LogP contribution in [0.1, 0.15) is 6.92 Å². The van der Waals surface area contributed by atoms with Gasteiger partial charge >= 0.3 is 5.97 Å². The van der Waals surface area contributed by atoms with Gasteiger partial charge in [-0.3, -0.25) is 0 Å². The first-order valence-corrected chi connectivity index (χ1v) is 3.89. The molecular formula is C9H11ClO3. The van der Waals surface area contributed by atoms with Gasteiger partial charge in [-0.1, -0.05) is 30.8 Å². The van der Waals surface area contributed by atoms with E-state index in [4.69, 9.17) is 21.4 Å². The zero-order chi connectivity index (χ0) is 10.4. The second-order valence-electron chi connectivity index (χ2n) is 2.30. The maximum absolute atomic E-state index is 10.2. The summed E-state index contributed by atoms with van der Waals surface area (Å²) in [5, 5.41) is 8.52. The van der Waals surface area contributed by atoms with Crippen molar-refractivity contribution in [2.45, 2.75) is 6.92 Å². The molecule has 0 saturated carbocycles. The molecular weight excluding hydrogens is 192 g/mol. The van der Waals surface area contributed by atoms with E-state index in [1.165, 1.54) is 6.08 Å². The van der Waals surface area contributed by atoms with Crippen LogP contribution in [0.15, 0.2) is 35.6 Å². The van der Waals surface area contributed by atoms with Crippen molar-refractivity contribution >= 4 is 17.6 Å². The molecule has 0 unspecified atom stereocenters. The fraction of sp³-hybridized carbons (Fsp3) is 0.222. The molecule has 1 N–H and O–H groups in total. The quantitative estimate of drug-likeness (QED) is 0.550. The van der Waals surface area contributed by atoms with Gasteiger partial charge in [0.15, 0.2) is 6.61 Å². The Balaban J connectivity index is 4.54. The third-order valence-electron chi connectivity index (χ3n) is 1.25. The van der Waals surface area contributed by atoms with Gasteiger partial charge in [-0.05, 0) is 12.5 Å². The van der Waals surface area contributed by atoms with Crippen LogP contribution in [0.4, 0.5) is 0 Å². The minimum absolute atomic E-state index is 0.165. The van der Waals surface area contributed by atoms with E-state index in [9.17, 15) is 4.79 Å². The standard InChI is InChI=1S/C9H11ClO3/c1-4-6(2)9(7(3)10)13-5-8(11)12/h4H,1,3,5H2,2H3,(H,11,12)/b9-6+. The van der Waals surface area contributed by atoms with Crippen LogP contribution in [0, 0.1) is 0 Å². The third kappa shape index (κ3) is 4.38. The van der Waals surface area contributed by atoms with Gasteiger partial charge in [0.1, 0.15) is 5.76 Å². The van der Waals surface area contributed by atoms with Gasteiger partial charge < -0.3 is 9.84 Å². The summed E-state index contributed by atoms with van der Waals surface area (Å²) in [6.45, 7) is 8.22. The van der Waals surface area contributed by atoms with Gasteiger partial charge in [-0.2, -0.15) is 0 Å². The number of hydrogen-bond acceptors (Lipinski definition) is 2. The van der Waals surface area contributed by atoms with E-state index in [-0.39, 0.29) is 10.8 Å². The van der Waals surface area contributed by atoms with E-state index in [0.29, 0.717) is 5.57 Å². The van der Waals surface area contributed by atoms with Gasteiger partial charge in [0, 0.05) is 0 Å². The molecule has 72 valence electrons. The van der Waals surface area contributed by atoms with Crippen molar-refractivity contribution in [1.29, 1.82) is 0 Å². The molecule has 0 aliphatic carbocycles. The minimum atomic E-state index is -1.06. The summed E-state index contributed by atoms with van der Waals surface area (Å²) >= 11 is 5.58. The molecule has 0 fully saturated rings. The third-order valence-corrected chi connectivity index (χ3v) is 1.42. The van der Waals surface area contributed by atoms with Crippen LogP contribution < -0.4 is 0 Å². The normalized spacial score (nSPS) is 11.5. The highest BCUT2D eigenvalue weighted by Crippen LogP contribution is 2.18. The van der Waals surface area contributed by atoms with E-state index in [2.05, 4.69) is 13.2 Å². The zero-order valence-electron chi connectivity index (χ0n) is 7.34. The predicted molar refractivity (Wildman–Crippen MR) is 51.5 cm³/mol. The number of carboxylic acid groups (broad SMARTS) is 1. The van der Waals surface area contributed by atoms with Crippen molar-refractivity contribution in [2.75, 3.05) is 6.61 Å². The number of carbonyl (C=O) groups is 1. The van der Waals surface area contributed by atoms with Gasteiger partial charge in [0.25, 0.3) is 0 Å². The van der Waals surface area contributed by atoms with Crippen molar-refractivity contribution in [1.82, 2.24) is 0 Å². The molecule has 0 saturated heterocycles. The molecule has 0 radical (unpaired) electrons. The summed E-state index contributed by atoms with van der Waals surface area (Å²) in [6.07, 6.45) is 1.52. The summed E-state index contributed by atoms with van der Waals surface area (Å²) in [6, 6.07) is 0. The molecule has 0 spiro atoms. The highest BCUT2D eigenvalue weighted by molar-refractivity contribution is 6.31. The van der Waals surface area contributed by atoms with Crippen molar-refractivity contribution in [3.8, 4) is 0 Å². The smallest absolute Gasteiger partial charge is 0.341 e. The lowest BCUT2D eigenvalue weighted by atomic mass is 10.2. The number of allylic oxidation sites excluding steroid dienone is 3. The van der Waals surface area contributed by atoms with Gasteiger partial charge in [-0.15, -0.1) is 0 Å². The Labute approximate surface area is 82.0 Å². The number of aliphatic carboxylic acids is 1. The largest absolute Gasteiger partial charge is 0.480 e. The van der Waals surface area contributed by atoms with Gasteiger partial charge in [0.2, 0.25) is 0 Å². The molecule has 0 aromatic rings. The number of halogens is 1. The molecule has 0 atom stereocenters. The highest BCUT2D eigenvalue weighted by Gasteiger charge is 2.06. The van der Waals surface area contributed by atoms with E-state index < -0.39 is 12.6 Å². The molecule has 0 aliphatic heterocycles. The van der Waals surface area contributed by atoms with Crippen LogP contribution in [-0.4, -0.2) is 17.7 Å². The highest BCUT2D eigenvalue weighted by atomic mass is 35.5. The van der Waals surface area contributed by atoms with Gasteiger partial charge in [0.05, 0.1) is 5.03 Å². The lowest BCUT2D eigenvalue weighted by molar-refractivity contribution is -0.140. The number of hydrogen-bond donors (Lipinski definition) is 1. The van der Waals surface area contributed by atoms with Crippen LogP contribution in [0.3, 0.4) is 0 Å². The Morgan fingerprint density at radius 3 is 2.54 bits per heavy atom. The van der Waals surface area contributed by atoms with Crippen LogP contribution in [0.5, 0.6) is 0 Å². The number of carboxylic acids is 1. The number of rotatable bonds is 5. The second-order valence-corrected chi connectivity index (χ2v) is 2.76. The Morgan fingerprint density at radius 1 is 1.69 bits per heavy atom. The minimum Gasteiger partial charge on any atom is -0.480 e. The first kappa shape index (κ1) is 11.8. The molecule has 0 bridgehead atoms. The molecule has 13 heavy (non-hydrogen) atoms. The molecule has 0 aliphatic rings. The topological polar surface area (TPSA) is 46.5 Å². The van der Waals surface area contributed by atoms with Crippen molar-refractivity contribution in [3.63, 3.8) is 0 Å². The first-order valence-electron chi connectivity index (χ1n) is 3.51. The maximum atomic E-state index is 10.2. The van der Waals surface area contributed by atoms with Crippen LogP contribution in [0.25, 0.3) is 0 Å². The molecule has 0 aromatic carbocycles. The van der Waals surface area contributed by atoms with Crippen LogP contribution in [-0.2, 0) is 9.53 Å². The van der Waals surface area contributed by atoms with Crippen LogP contribution >= 0.6 is 11.6 Å². The average molecular weight is 203 g/mol. The van der Waals surface area contributed by atoms with Gasteiger partial charge in [-0.25, -0.2) is 4.79 Å². The lowest BCUT2D eigenvalue weighted by Crippen LogP contribution is -2.07. The van der Waals surface area contributed by atoms with E-state index >= 15 is 0 Å². The maximum Gasteiger partial charge on any atom is 0.341 e. The van der Waals surface area contributed by atoms with E-state index in [1.807, 2.05) is 0 Å². The number of ether oxygens (including phenoxy) is 1. The Morgan fingerprint density at radius 2 is 2.23 bits per heavy atom.